The standard InChI is InChI=1S/C12H13N3O4S/c1-2-19-12(16)10-8-14-15(11(10)20(13,17)18)9-6-4-3-5-7-9/h3-8H,2H2,1H3,(H2,13,17,18). The van der Waals surface area contributed by atoms with Crippen molar-refractivity contribution in [3.63, 3.8) is 0 Å². The highest BCUT2D eigenvalue weighted by Gasteiger charge is 2.27. The van der Waals surface area contributed by atoms with Crippen LogP contribution in [0, 0.1) is 0 Å². The first kappa shape index (κ1) is 14.2. The molecule has 0 atom stereocenters. The molecule has 0 amide bonds. The van der Waals surface area contributed by atoms with Gasteiger partial charge < -0.3 is 4.74 Å². The van der Waals surface area contributed by atoms with Crippen molar-refractivity contribution in [2.75, 3.05) is 6.61 Å². The van der Waals surface area contributed by atoms with Crippen LogP contribution in [0.1, 0.15) is 17.3 Å². The van der Waals surface area contributed by atoms with Crippen molar-refractivity contribution >= 4 is 16.0 Å². The number of hydrogen-bond acceptors (Lipinski definition) is 5. The van der Waals surface area contributed by atoms with Crippen LogP contribution < -0.4 is 5.14 Å². The second kappa shape index (κ2) is 5.43. The number of aromatic nitrogens is 2. The fraction of sp³-hybridized carbons (Fsp3) is 0.167. The Balaban J connectivity index is 2.64. The lowest BCUT2D eigenvalue weighted by molar-refractivity contribution is 0.0521. The largest absolute Gasteiger partial charge is 0.462 e. The highest BCUT2D eigenvalue weighted by Crippen LogP contribution is 2.19. The quantitative estimate of drug-likeness (QED) is 0.836. The van der Waals surface area contributed by atoms with E-state index in [1.807, 2.05) is 0 Å². The fourth-order valence-electron chi connectivity index (χ4n) is 1.71. The summed E-state index contributed by atoms with van der Waals surface area (Å²) in [4.78, 5) is 11.8. The highest BCUT2D eigenvalue weighted by atomic mass is 32.2. The summed E-state index contributed by atoms with van der Waals surface area (Å²) in [6.45, 7) is 1.75. The molecule has 1 heterocycles. The van der Waals surface area contributed by atoms with Crippen LogP contribution in [0.25, 0.3) is 5.69 Å². The Morgan fingerprint density at radius 1 is 1.35 bits per heavy atom. The van der Waals surface area contributed by atoms with Crippen molar-refractivity contribution in [1.82, 2.24) is 9.78 Å². The summed E-state index contributed by atoms with van der Waals surface area (Å²) >= 11 is 0. The van der Waals surface area contributed by atoms with Gasteiger partial charge in [-0.15, -0.1) is 0 Å². The first-order valence-corrected chi connectivity index (χ1v) is 7.33. The summed E-state index contributed by atoms with van der Waals surface area (Å²) in [5.74, 6) is -0.779. The van der Waals surface area contributed by atoms with E-state index in [1.165, 1.54) is 0 Å². The van der Waals surface area contributed by atoms with E-state index in [9.17, 15) is 13.2 Å². The van der Waals surface area contributed by atoms with E-state index in [-0.39, 0.29) is 17.2 Å². The Bertz CT molecular complexity index is 722. The van der Waals surface area contributed by atoms with Gasteiger partial charge in [-0.05, 0) is 19.1 Å². The number of rotatable bonds is 4. The topological polar surface area (TPSA) is 104 Å². The van der Waals surface area contributed by atoms with Crippen molar-refractivity contribution < 1.29 is 17.9 Å². The molecule has 0 aliphatic heterocycles. The zero-order valence-corrected chi connectivity index (χ0v) is 11.5. The summed E-state index contributed by atoms with van der Waals surface area (Å²) in [6, 6.07) is 8.50. The van der Waals surface area contributed by atoms with Crippen LogP contribution in [0.2, 0.25) is 0 Å². The number of nitrogens with zero attached hydrogens (tertiary/aromatic N) is 2. The normalized spacial score (nSPS) is 11.3. The van der Waals surface area contributed by atoms with Crippen molar-refractivity contribution in [1.29, 1.82) is 0 Å². The van der Waals surface area contributed by atoms with Gasteiger partial charge in [-0.3, -0.25) is 0 Å². The number of esters is 1. The van der Waals surface area contributed by atoms with Gasteiger partial charge in [0.15, 0.2) is 5.03 Å². The zero-order valence-electron chi connectivity index (χ0n) is 10.7. The number of benzene rings is 1. The van der Waals surface area contributed by atoms with Crippen molar-refractivity contribution in [2.45, 2.75) is 11.9 Å². The van der Waals surface area contributed by atoms with Gasteiger partial charge in [0.2, 0.25) is 0 Å². The molecule has 1 aromatic heterocycles. The van der Waals surface area contributed by atoms with Crippen LogP contribution in [0.15, 0.2) is 41.6 Å². The molecule has 2 rings (SSSR count). The van der Waals surface area contributed by atoms with Crippen LogP contribution in [0.4, 0.5) is 0 Å². The van der Waals surface area contributed by atoms with E-state index in [4.69, 9.17) is 9.88 Å². The number of sulfonamides is 1. The molecule has 106 valence electrons. The number of carbonyl (C=O) groups is 1. The highest BCUT2D eigenvalue weighted by molar-refractivity contribution is 7.89. The minimum absolute atomic E-state index is 0.124. The van der Waals surface area contributed by atoms with E-state index in [2.05, 4.69) is 5.10 Å². The van der Waals surface area contributed by atoms with Gasteiger partial charge >= 0.3 is 5.97 Å². The Hall–Kier alpha value is -2.19. The molecule has 0 saturated carbocycles. The molecule has 0 spiro atoms. The maximum absolute atomic E-state index is 11.8. The SMILES string of the molecule is CCOC(=O)c1cnn(-c2ccccc2)c1S(N)(=O)=O. The molecule has 0 unspecified atom stereocenters. The number of hydrogen-bond donors (Lipinski definition) is 1. The molecular formula is C12H13N3O4S. The molecule has 8 heteroatoms. The van der Waals surface area contributed by atoms with Crippen LogP contribution in [0.5, 0.6) is 0 Å². The lowest BCUT2D eigenvalue weighted by Crippen LogP contribution is -2.21. The molecule has 2 N–H and O–H groups in total. The van der Waals surface area contributed by atoms with Gasteiger partial charge in [0.1, 0.15) is 5.56 Å². The number of ether oxygens (including phenoxy) is 1. The van der Waals surface area contributed by atoms with Crippen molar-refractivity contribution in [3.8, 4) is 5.69 Å². The summed E-state index contributed by atoms with van der Waals surface area (Å²) in [5, 5.41) is 8.70. The average molecular weight is 295 g/mol. The minimum atomic E-state index is -4.13. The number of primary sulfonamides is 1. The molecule has 20 heavy (non-hydrogen) atoms. The van der Waals surface area contributed by atoms with Gasteiger partial charge in [-0.25, -0.2) is 23.0 Å². The van der Waals surface area contributed by atoms with Crippen LogP contribution in [-0.4, -0.2) is 30.8 Å². The maximum Gasteiger partial charge on any atom is 0.342 e. The van der Waals surface area contributed by atoms with E-state index in [0.717, 1.165) is 10.9 Å². The first-order valence-electron chi connectivity index (χ1n) is 5.78. The number of carbonyl (C=O) groups excluding carboxylic acids is 1. The third-order valence-corrected chi connectivity index (χ3v) is 3.42. The Morgan fingerprint density at radius 3 is 2.55 bits per heavy atom. The second-order valence-electron chi connectivity index (χ2n) is 3.88. The van der Waals surface area contributed by atoms with Gasteiger partial charge in [-0.1, -0.05) is 18.2 Å². The minimum Gasteiger partial charge on any atom is -0.462 e. The van der Waals surface area contributed by atoms with E-state index in [1.54, 1.807) is 37.3 Å². The smallest absolute Gasteiger partial charge is 0.342 e. The monoisotopic (exact) mass is 295 g/mol. The van der Waals surface area contributed by atoms with Crippen LogP contribution in [-0.2, 0) is 14.8 Å². The third kappa shape index (κ3) is 2.70. The van der Waals surface area contributed by atoms with E-state index in [0.29, 0.717) is 5.69 Å². The lowest BCUT2D eigenvalue weighted by Gasteiger charge is -2.07. The van der Waals surface area contributed by atoms with Gasteiger partial charge in [0.05, 0.1) is 18.5 Å². The van der Waals surface area contributed by atoms with Gasteiger partial charge in [0, 0.05) is 0 Å². The average Bonchev–Trinajstić information content (AvgIpc) is 2.84. The third-order valence-electron chi connectivity index (χ3n) is 2.49. The molecule has 2 aromatic rings. The van der Waals surface area contributed by atoms with Crippen molar-refractivity contribution in [2.24, 2.45) is 5.14 Å². The summed E-state index contributed by atoms with van der Waals surface area (Å²) in [7, 11) is -4.13. The first-order chi connectivity index (χ1) is 9.45. The number of nitrogens with two attached hydrogens (primary N) is 1. The Kier molecular flexibility index (Phi) is 3.86. The zero-order chi connectivity index (χ0) is 14.8. The van der Waals surface area contributed by atoms with Crippen molar-refractivity contribution in [3.05, 3.63) is 42.1 Å². The number of para-hydroxylation sites is 1. The molecule has 0 saturated heterocycles. The molecule has 0 radical (unpaired) electrons. The Morgan fingerprint density at radius 2 is 2.00 bits per heavy atom. The predicted molar refractivity (Wildman–Crippen MR) is 70.9 cm³/mol. The second-order valence-corrected chi connectivity index (χ2v) is 5.35. The molecule has 0 aliphatic rings. The summed E-state index contributed by atoms with van der Waals surface area (Å²) < 4.78 is 29.4. The van der Waals surface area contributed by atoms with Crippen LogP contribution in [0.3, 0.4) is 0 Å². The van der Waals surface area contributed by atoms with Gasteiger partial charge in [0.25, 0.3) is 10.0 Å². The fourth-order valence-corrected chi connectivity index (χ4v) is 2.55. The van der Waals surface area contributed by atoms with Gasteiger partial charge in [-0.2, -0.15) is 5.10 Å². The van der Waals surface area contributed by atoms with Crippen LogP contribution >= 0.6 is 0 Å². The Labute approximate surface area is 116 Å². The maximum atomic E-state index is 11.8. The molecular weight excluding hydrogens is 282 g/mol. The summed E-state index contributed by atoms with van der Waals surface area (Å²) in [5.41, 5.74) is 0.297. The molecule has 0 fully saturated rings. The lowest BCUT2D eigenvalue weighted by atomic mass is 10.3. The predicted octanol–water partition coefficient (Wildman–Crippen LogP) is 0.696. The van der Waals surface area contributed by atoms with E-state index >= 15 is 0 Å². The molecule has 0 aliphatic carbocycles. The molecule has 7 nitrogen and oxygen atoms in total. The van der Waals surface area contributed by atoms with E-state index < -0.39 is 16.0 Å². The molecule has 0 bridgehead atoms. The molecule has 1 aromatic carbocycles. The summed E-state index contributed by atoms with van der Waals surface area (Å²) in [6.07, 6.45) is 1.13.